The highest BCUT2D eigenvalue weighted by Gasteiger charge is 2.40. The van der Waals surface area contributed by atoms with Gasteiger partial charge in [0.1, 0.15) is 11.3 Å². The summed E-state index contributed by atoms with van der Waals surface area (Å²) in [5.41, 5.74) is -2.73. The Morgan fingerprint density at radius 3 is 2.38 bits per heavy atom. The second kappa shape index (κ2) is 5.32. The van der Waals surface area contributed by atoms with Gasteiger partial charge in [-0.05, 0) is 18.2 Å². The molecule has 21 heavy (non-hydrogen) atoms. The van der Waals surface area contributed by atoms with Crippen LogP contribution >= 0.6 is 15.9 Å². The predicted molar refractivity (Wildman–Crippen MR) is 68.9 cm³/mol. The van der Waals surface area contributed by atoms with Crippen LogP contribution in [-0.4, -0.2) is 11.2 Å². The minimum Gasteiger partial charge on any atom is -0.453 e. The number of nitrogens with zero attached hydrogens (tertiary/aromatic N) is 1. The van der Waals surface area contributed by atoms with E-state index in [-0.39, 0.29) is 10.2 Å². The van der Waals surface area contributed by atoms with Gasteiger partial charge < -0.3 is 4.42 Å². The van der Waals surface area contributed by atoms with E-state index in [0.717, 1.165) is 24.3 Å². The lowest BCUT2D eigenvalue weighted by Gasteiger charge is -2.13. The zero-order valence-electron chi connectivity index (χ0n) is 9.98. The fourth-order valence-corrected chi connectivity index (χ4v) is 2.35. The maximum atomic E-state index is 13.2. The molecule has 110 valence electrons. The molecule has 9 heteroatoms. The number of carbonyl (C=O) groups is 1. The molecule has 2 rings (SSSR count). The third kappa shape index (κ3) is 2.82. The molecule has 1 aromatic carbocycles. The smallest absolute Gasteiger partial charge is 0.418 e. The van der Waals surface area contributed by atoms with Crippen LogP contribution in [-0.2, 0) is 6.18 Å². The van der Waals surface area contributed by atoms with Crippen LogP contribution in [0.4, 0.5) is 18.9 Å². The van der Waals surface area contributed by atoms with Gasteiger partial charge in [0.25, 0.3) is 5.69 Å². The normalized spacial score (nSPS) is 11.4. The molecular weight excluding hydrogens is 359 g/mol. The monoisotopic (exact) mass is 363 g/mol. The molecule has 0 amide bonds. The van der Waals surface area contributed by atoms with E-state index in [4.69, 9.17) is 4.42 Å². The van der Waals surface area contributed by atoms with E-state index in [1.165, 1.54) is 0 Å². The van der Waals surface area contributed by atoms with Gasteiger partial charge in [-0.2, -0.15) is 13.2 Å². The van der Waals surface area contributed by atoms with Crippen LogP contribution in [0.25, 0.3) is 11.3 Å². The van der Waals surface area contributed by atoms with E-state index in [1.807, 2.05) is 0 Å². The zero-order valence-corrected chi connectivity index (χ0v) is 11.6. The van der Waals surface area contributed by atoms with Crippen LogP contribution in [0, 0.1) is 10.1 Å². The van der Waals surface area contributed by atoms with Gasteiger partial charge in [0, 0.05) is 10.5 Å². The molecule has 2 aromatic rings. The molecule has 0 bridgehead atoms. The first kappa shape index (κ1) is 15.2. The molecule has 1 aromatic heterocycles. The van der Waals surface area contributed by atoms with Crippen molar-refractivity contribution in [3.63, 3.8) is 0 Å². The van der Waals surface area contributed by atoms with Crippen molar-refractivity contribution >= 4 is 27.9 Å². The van der Waals surface area contributed by atoms with Gasteiger partial charge in [-0.3, -0.25) is 14.9 Å². The number of benzene rings is 1. The summed E-state index contributed by atoms with van der Waals surface area (Å²) in [5, 5.41) is 11.0. The summed E-state index contributed by atoms with van der Waals surface area (Å²) in [7, 11) is 0. The Bertz CT molecular complexity index is 724. The second-order valence-electron chi connectivity index (χ2n) is 3.89. The molecule has 0 saturated carbocycles. The second-order valence-corrected chi connectivity index (χ2v) is 4.75. The number of rotatable bonds is 3. The third-order valence-electron chi connectivity index (χ3n) is 2.60. The Hall–Kier alpha value is -2.16. The minimum absolute atomic E-state index is 0.229. The molecule has 0 aliphatic carbocycles. The summed E-state index contributed by atoms with van der Waals surface area (Å²) < 4.78 is 44.0. The fourth-order valence-electron chi connectivity index (χ4n) is 1.80. The number of alkyl halides is 3. The molecular formula is C12H5BrF3NO4. The van der Waals surface area contributed by atoms with Crippen LogP contribution in [0.2, 0.25) is 0 Å². The predicted octanol–water partition coefficient (Wildman–Crippen LogP) is 4.45. The molecule has 1 heterocycles. The number of nitro groups is 1. The number of furan rings is 1. The van der Waals surface area contributed by atoms with Gasteiger partial charge in [-0.15, -0.1) is 0 Å². The van der Waals surface area contributed by atoms with Gasteiger partial charge in [0.2, 0.25) is 0 Å². The molecule has 0 aliphatic heterocycles. The number of hydrogen-bond donors (Lipinski definition) is 0. The highest BCUT2D eigenvalue weighted by Crippen LogP contribution is 2.46. The highest BCUT2D eigenvalue weighted by atomic mass is 79.9. The molecule has 0 N–H and O–H groups in total. The molecule has 0 radical (unpaired) electrons. The van der Waals surface area contributed by atoms with Crippen LogP contribution in [0.1, 0.15) is 16.1 Å². The Labute approximate surface area is 123 Å². The van der Waals surface area contributed by atoms with Crippen molar-refractivity contribution in [1.82, 2.24) is 0 Å². The molecule has 0 aliphatic rings. The quantitative estimate of drug-likeness (QED) is 0.458. The largest absolute Gasteiger partial charge is 0.453 e. The Balaban J connectivity index is 2.85. The van der Waals surface area contributed by atoms with E-state index in [0.29, 0.717) is 6.29 Å². The van der Waals surface area contributed by atoms with Crippen molar-refractivity contribution in [3.05, 3.63) is 50.2 Å². The molecule has 5 nitrogen and oxygen atoms in total. The van der Waals surface area contributed by atoms with Gasteiger partial charge in [-0.25, -0.2) is 0 Å². The SMILES string of the molecule is O=Cc1ccc(-c2c([N+](=O)[O-])ccc(Br)c2C(F)(F)F)o1. The lowest BCUT2D eigenvalue weighted by atomic mass is 10.0. The van der Waals surface area contributed by atoms with E-state index in [1.54, 1.807) is 0 Å². The molecule has 0 unspecified atom stereocenters. The van der Waals surface area contributed by atoms with Crippen LogP contribution < -0.4 is 0 Å². The third-order valence-corrected chi connectivity index (χ3v) is 3.26. The first-order valence-corrected chi connectivity index (χ1v) is 6.14. The highest BCUT2D eigenvalue weighted by molar-refractivity contribution is 9.10. The molecule has 0 atom stereocenters. The Kier molecular flexibility index (Phi) is 3.86. The maximum absolute atomic E-state index is 13.2. The van der Waals surface area contributed by atoms with Crippen molar-refractivity contribution < 1.29 is 27.3 Å². The van der Waals surface area contributed by atoms with E-state index >= 15 is 0 Å². The molecule has 0 fully saturated rings. The number of aldehydes is 1. The summed E-state index contributed by atoms with van der Waals surface area (Å²) in [6.07, 6.45) is -4.55. The van der Waals surface area contributed by atoms with E-state index in [9.17, 15) is 28.1 Å². The van der Waals surface area contributed by atoms with Crippen molar-refractivity contribution in [2.45, 2.75) is 6.18 Å². The zero-order chi connectivity index (χ0) is 15.8. The summed E-state index contributed by atoms with van der Waals surface area (Å²) >= 11 is 2.73. The van der Waals surface area contributed by atoms with Crippen LogP contribution in [0.3, 0.4) is 0 Å². The Morgan fingerprint density at radius 2 is 1.90 bits per heavy atom. The van der Waals surface area contributed by atoms with Crippen molar-refractivity contribution in [2.24, 2.45) is 0 Å². The first-order valence-electron chi connectivity index (χ1n) is 5.35. The topological polar surface area (TPSA) is 73.3 Å². The summed E-state index contributed by atoms with van der Waals surface area (Å²) in [4.78, 5) is 20.6. The van der Waals surface area contributed by atoms with Crippen molar-refractivity contribution in [1.29, 1.82) is 0 Å². The number of carbonyl (C=O) groups excluding carboxylic acids is 1. The fraction of sp³-hybridized carbons (Fsp3) is 0.0833. The van der Waals surface area contributed by atoms with E-state index in [2.05, 4.69) is 15.9 Å². The lowest BCUT2D eigenvalue weighted by molar-refractivity contribution is -0.384. The van der Waals surface area contributed by atoms with Gasteiger partial charge in [-0.1, -0.05) is 15.9 Å². The number of halogens is 4. The maximum Gasteiger partial charge on any atom is 0.418 e. The molecule has 0 spiro atoms. The average Bonchev–Trinajstić information content (AvgIpc) is 2.84. The average molecular weight is 364 g/mol. The first-order chi connectivity index (χ1) is 9.75. The van der Waals surface area contributed by atoms with Gasteiger partial charge >= 0.3 is 6.18 Å². The summed E-state index contributed by atoms with van der Waals surface area (Å²) in [6.45, 7) is 0. The van der Waals surface area contributed by atoms with Gasteiger partial charge in [0.15, 0.2) is 12.0 Å². The molecule has 0 saturated heterocycles. The van der Waals surface area contributed by atoms with Crippen molar-refractivity contribution in [2.75, 3.05) is 0 Å². The van der Waals surface area contributed by atoms with Crippen molar-refractivity contribution in [3.8, 4) is 11.3 Å². The number of hydrogen-bond acceptors (Lipinski definition) is 4. The summed E-state index contributed by atoms with van der Waals surface area (Å²) in [6, 6.07) is 4.08. The van der Waals surface area contributed by atoms with Crippen LogP contribution in [0.5, 0.6) is 0 Å². The Morgan fingerprint density at radius 1 is 1.24 bits per heavy atom. The van der Waals surface area contributed by atoms with E-state index < -0.39 is 33.7 Å². The van der Waals surface area contributed by atoms with Gasteiger partial charge in [0.05, 0.1) is 10.5 Å². The van der Waals surface area contributed by atoms with Crippen LogP contribution in [0.15, 0.2) is 33.2 Å². The summed E-state index contributed by atoms with van der Waals surface area (Å²) in [5.74, 6) is -0.634. The standard InChI is InChI=1S/C12H5BrF3NO4/c13-7-2-3-8(17(19)20)10(11(7)12(14,15)16)9-4-1-6(5-18)21-9/h1-5H. The minimum atomic E-state index is -4.84. The number of nitro benzene ring substituents is 1. The lowest BCUT2D eigenvalue weighted by Crippen LogP contribution is -2.10.